The third kappa shape index (κ3) is 4.44. The van der Waals surface area contributed by atoms with Gasteiger partial charge in [0.15, 0.2) is 0 Å². The maximum atomic E-state index is 13.5. The van der Waals surface area contributed by atoms with Crippen molar-refractivity contribution in [1.29, 1.82) is 0 Å². The molecule has 3 saturated carbocycles. The number of ether oxygens (including phenoxy) is 1. The topological polar surface area (TPSA) is 81.4 Å². The van der Waals surface area contributed by atoms with Crippen LogP contribution in [0.15, 0.2) is 53.1 Å². The van der Waals surface area contributed by atoms with Gasteiger partial charge >= 0.3 is 5.97 Å². The van der Waals surface area contributed by atoms with E-state index in [0.29, 0.717) is 38.5 Å². The number of anilines is 1. The zero-order valence-electron chi connectivity index (χ0n) is 21.1. The first-order chi connectivity index (χ1) is 18.3. The van der Waals surface area contributed by atoms with Gasteiger partial charge in [-0.15, -0.1) is 0 Å². The number of amides is 1. The van der Waals surface area contributed by atoms with Crippen LogP contribution in [0.2, 0.25) is 10.0 Å². The van der Waals surface area contributed by atoms with E-state index in [0.717, 1.165) is 56.3 Å². The average Bonchev–Trinajstić information content (AvgIpc) is 3.42. The minimum Gasteiger partial charge on any atom is -0.465 e. The molecule has 6 nitrogen and oxygen atoms in total. The summed E-state index contributed by atoms with van der Waals surface area (Å²) in [5.41, 5.74) is 2.81. The number of rotatable bonds is 7. The molecule has 0 atom stereocenters. The van der Waals surface area contributed by atoms with Crippen molar-refractivity contribution in [3.8, 4) is 11.3 Å². The number of fused-ring (bicyclic) bond motifs is 2. The fraction of sp³-hybridized carbons (Fsp3) is 0.367. The van der Waals surface area contributed by atoms with Crippen molar-refractivity contribution < 1.29 is 18.8 Å². The number of benzene rings is 2. The number of aromatic nitrogens is 1. The molecular formula is C30H28Cl2N2O4. The zero-order chi connectivity index (χ0) is 26.5. The summed E-state index contributed by atoms with van der Waals surface area (Å²) in [5.74, 6) is 0.836. The highest BCUT2D eigenvalue weighted by Crippen LogP contribution is 2.63. The highest BCUT2D eigenvalue weighted by Gasteiger charge is 2.56. The van der Waals surface area contributed by atoms with E-state index in [-0.39, 0.29) is 11.3 Å². The molecule has 2 bridgehead atoms. The number of nitrogens with zero attached hydrogens (tertiary/aromatic N) is 1. The van der Waals surface area contributed by atoms with E-state index in [1.165, 1.54) is 7.11 Å². The van der Waals surface area contributed by atoms with E-state index in [1.807, 2.05) is 18.2 Å². The lowest BCUT2D eigenvalue weighted by Gasteiger charge is -2.25. The summed E-state index contributed by atoms with van der Waals surface area (Å²) in [4.78, 5) is 25.4. The van der Waals surface area contributed by atoms with Gasteiger partial charge in [0.25, 0.3) is 0 Å². The Kier molecular flexibility index (Phi) is 6.36. The van der Waals surface area contributed by atoms with Gasteiger partial charge in [-0.05, 0) is 80.7 Å². The number of hydrogen-bond donors (Lipinski definition) is 1. The van der Waals surface area contributed by atoms with Crippen LogP contribution < -0.4 is 5.32 Å². The fourth-order valence-corrected chi connectivity index (χ4v) is 6.74. The molecular weight excluding hydrogens is 523 g/mol. The van der Waals surface area contributed by atoms with Crippen molar-refractivity contribution in [2.24, 2.45) is 10.8 Å². The van der Waals surface area contributed by atoms with Crippen LogP contribution in [0.3, 0.4) is 0 Å². The molecule has 196 valence electrons. The lowest BCUT2D eigenvalue weighted by atomic mass is 9.81. The molecule has 0 spiro atoms. The maximum Gasteiger partial charge on any atom is 0.337 e. The normalized spacial score (nSPS) is 24.2. The molecule has 0 saturated heterocycles. The molecule has 0 radical (unpaired) electrons. The second-order valence-electron chi connectivity index (χ2n) is 10.9. The number of nitrogens with one attached hydrogen (secondary N) is 1. The van der Waals surface area contributed by atoms with Gasteiger partial charge in [-0.25, -0.2) is 4.79 Å². The van der Waals surface area contributed by atoms with Gasteiger partial charge in [-0.2, -0.15) is 0 Å². The third-order valence-electron chi connectivity index (χ3n) is 8.42. The van der Waals surface area contributed by atoms with Gasteiger partial charge < -0.3 is 14.6 Å². The highest BCUT2D eigenvalue weighted by molar-refractivity contribution is 6.39. The minimum atomic E-state index is -0.429. The zero-order valence-corrected chi connectivity index (χ0v) is 22.6. The molecule has 1 heterocycles. The molecule has 1 amide bonds. The Labute approximate surface area is 231 Å². The number of carbonyl (C=O) groups is 2. The molecule has 1 N–H and O–H groups in total. The monoisotopic (exact) mass is 550 g/mol. The van der Waals surface area contributed by atoms with Crippen LogP contribution in [0, 0.1) is 10.8 Å². The summed E-state index contributed by atoms with van der Waals surface area (Å²) in [6.07, 6.45) is 10.8. The number of esters is 1. The Bertz CT molecular complexity index is 1430. The Hall–Kier alpha value is -3.09. The van der Waals surface area contributed by atoms with Crippen LogP contribution in [0.1, 0.15) is 72.5 Å². The number of allylic oxidation sites excluding steroid dienone is 1. The van der Waals surface area contributed by atoms with E-state index in [1.54, 1.807) is 24.3 Å². The highest BCUT2D eigenvalue weighted by atomic mass is 35.5. The number of carbonyl (C=O) groups excluding carboxylic acids is 2. The molecule has 2 aromatic carbocycles. The molecule has 3 fully saturated rings. The Balaban J connectivity index is 1.24. The van der Waals surface area contributed by atoms with Gasteiger partial charge in [-0.3, -0.25) is 4.79 Å². The Morgan fingerprint density at radius 1 is 1.08 bits per heavy atom. The summed E-state index contributed by atoms with van der Waals surface area (Å²) >= 11 is 13.0. The minimum absolute atomic E-state index is 0.0134. The van der Waals surface area contributed by atoms with Crippen LogP contribution in [0.25, 0.3) is 17.3 Å². The molecule has 8 heteroatoms. The lowest BCUT2D eigenvalue weighted by molar-refractivity contribution is -0.125. The number of halogens is 2. The van der Waals surface area contributed by atoms with Crippen LogP contribution in [0.5, 0.6) is 0 Å². The van der Waals surface area contributed by atoms with E-state index in [9.17, 15) is 9.59 Å². The summed E-state index contributed by atoms with van der Waals surface area (Å²) < 4.78 is 10.6. The van der Waals surface area contributed by atoms with E-state index < -0.39 is 11.4 Å². The van der Waals surface area contributed by atoms with Crippen molar-refractivity contribution >= 4 is 46.8 Å². The van der Waals surface area contributed by atoms with Crippen molar-refractivity contribution in [3.63, 3.8) is 0 Å². The van der Waals surface area contributed by atoms with Crippen molar-refractivity contribution in [3.05, 3.63) is 75.5 Å². The van der Waals surface area contributed by atoms with Crippen LogP contribution >= 0.6 is 23.2 Å². The van der Waals surface area contributed by atoms with Crippen molar-refractivity contribution in [1.82, 2.24) is 5.16 Å². The molecule has 0 unspecified atom stereocenters. The standard InChI is InChI=1S/C30H28Cl2N2O4/c1-37-27(35)19-4-2-5-20(16-19)33-28(36)30-14-12-29(17-30,13-15-30)11-10-21-25(34-38-26(21)18-8-9-18)24-22(31)6-3-7-23(24)32/h2-7,10-11,16,18H,8-9,12-15,17H2,1H3,(H,33,36). The van der Waals surface area contributed by atoms with E-state index in [4.69, 9.17) is 32.5 Å². The van der Waals surface area contributed by atoms with Gasteiger partial charge in [0.2, 0.25) is 5.91 Å². The molecule has 3 aliphatic carbocycles. The Morgan fingerprint density at radius 3 is 2.47 bits per heavy atom. The average molecular weight is 551 g/mol. The second kappa shape index (κ2) is 9.58. The van der Waals surface area contributed by atoms with Crippen LogP contribution in [-0.2, 0) is 9.53 Å². The SMILES string of the molecule is COC(=O)c1cccc(NC(=O)C23CCC(C=Cc4c(-c5c(Cl)cccc5Cl)noc4C4CC4)(CC2)C3)c1. The molecule has 38 heavy (non-hydrogen) atoms. The van der Waals surface area contributed by atoms with Gasteiger partial charge in [0, 0.05) is 22.7 Å². The smallest absolute Gasteiger partial charge is 0.337 e. The lowest BCUT2D eigenvalue weighted by Crippen LogP contribution is -2.32. The quantitative estimate of drug-likeness (QED) is 0.302. The second-order valence-corrected chi connectivity index (χ2v) is 11.7. The van der Waals surface area contributed by atoms with Crippen molar-refractivity contribution in [2.75, 3.05) is 12.4 Å². The first kappa shape index (κ1) is 25.2. The van der Waals surface area contributed by atoms with Gasteiger partial charge in [-0.1, -0.05) is 52.6 Å². The fourth-order valence-electron chi connectivity index (χ4n) is 6.17. The van der Waals surface area contributed by atoms with Gasteiger partial charge in [0.1, 0.15) is 11.5 Å². The summed E-state index contributed by atoms with van der Waals surface area (Å²) in [6, 6.07) is 12.3. The predicted molar refractivity (Wildman–Crippen MR) is 147 cm³/mol. The first-order valence-corrected chi connectivity index (χ1v) is 13.7. The van der Waals surface area contributed by atoms with E-state index >= 15 is 0 Å². The molecule has 6 rings (SSSR count). The summed E-state index contributed by atoms with van der Waals surface area (Å²) in [7, 11) is 1.34. The number of methoxy groups -OCH3 is 1. The third-order valence-corrected chi connectivity index (χ3v) is 9.05. The van der Waals surface area contributed by atoms with Crippen molar-refractivity contribution in [2.45, 2.75) is 50.9 Å². The molecule has 3 aromatic rings. The summed E-state index contributed by atoms with van der Waals surface area (Å²) in [5, 5.41) is 8.53. The maximum absolute atomic E-state index is 13.5. The van der Waals surface area contributed by atoms with Crippen LogP contribution in [-0.4, -0.2) is 24.1 Å². The molecule has 1 aromatic heterocycles. The number of hydrogen-bond acceptors (Lipinski definition) is 5. The molecule has 0 aliphatic heterocycles. The van der Waals surface area contributed by atoms with Crippen LogP contribution in [0.4, 0.5) is 5.69 Å². The first-order valence-electron chi connectivity index (χ1n) is 13.0. The summed E-state index contributed by atoms with van der Waals surface area (Å²) in [6.45, 7) is 0. The predicted octanol–water partition coefficient (Wildman–Crippen LogP) is 7.91. The molecule has 3 aliphatic rings. The largest absolute Gasteiger partial charge is 0.465 e. The Morgan fingerprint density at radius 2 is 1.79 bits per heavy atom. The van der Waals surface area contributed by atoms with Gasteiger partial charge in [0.05, 0.1) is 28.1 Å². The van der Waals surface area contributed by atoms with E-state index in [2.05, 4.69) is 22.6 Å².